The molecule has 156 valence electrons. The maximum absolute atomic E-state index is 12.4. The molecule has 3 rings (SSSR count). The third-order valence-electron chi connectivity index (χ3n) is 4.22. The van der Waals surface area contributed by atoms with Gasteiger partial charge in [-0.1, -0.05) is 29.0 Å². The smallest absolute Gasteiger partial charge is 0.337 e. The molecule has 0 bridgehead atoms. The summed E-state index contributed by atoms with van der Waals surface area (Å²) in [7, 11) is -2.15. The van der Waals surface area contributed by atoms with Crippen molar-refractivity contribution in [1.29, 1.82) is 0 Å². The molecule has 0 atom stereocenters. The minimum Gasteiger partial charge on any atom is -0.465 e. The van der Waals surface area contributed by atoms with Crippen LogP contribution >= 0.6 is 11.3 Å². The number of amides is 1. The molecule has 0 radical (unpaired) electrons. The highest BCUT2D eigenvalue weighted by Crippen LogP contribution is 2.19. The number of sulfone groups is 1. The minimum atomic E-state index is -3.43. The van der Waals surface area contributed by atoms with Gasteiger partial charge in [0.2, 0.25) is 5.13 Å². The van der Waals surface area contributed by atoms with Crippen LogP contribution in [-0.2, 0) is 21.0 Å². The Bertz CT molecular complexity index is 1150. The van der Waals surface area contributed by atoms with E-state index in [1.807, 2.05) is 6.92 Å². The average molecular weight is 446 g/mol. The highest BCUT2D eigenvalue weighted by Gasteiger charge is 2.17. The molecule has 1 heterocycles. The van der Waals surface area contributed by atoms with Crippen molar-refractivity contribution >= 4 is 38.2 Å². The molecular weight excluding hydrogens is 426 g/mol. The van der Waals surface area contributed by atoms with E-state index in [4.69, 9.17) is 0 Å². The summed E-state index contributed by atoms with van der Waals surface area (Å²) in [6.45, 7) is 1.89. The standard InChI is InChI=1S/C20H19N3O5S2/c1-13-3-9-16(10-4-13)30(26,27)12-11-17-22-23-20(29-17)21-18(24)14-5-7-15(8-6-14)19(25)28-2/h3-10H,11-12H2,1-2H3,(H,21,23,24). The van der Waals surface area contributed by atoms with Gasteiger partial charge in [-0.15, -0.1) is 10.2 Å². The summed E-state index contributed by atoms with van der Waals surface area (Å²) in [5, 5.41) is 11.2. The topological polar surface area (TPSA) is 115 Å². The van der Waals surface area contributed by atoms with Crippen molar-refractivity contribution in [3.05, 3.63) is 70.2 Å². The molecule has 3 aromatic rings. The first-order chi connectivity index (χ1) is 14.3. The first-order valence-electron chi connectivity index (χ1n) is 8.90. The molecule has 0 spiro atoms. The number of aryl methyl sites for hydroxylation is 2. The summed E-state index contributed by atoms with van der Waals surface area (Å²) in [5.41, 5.74) is 1.65. The Hall–Kier alpha value is -3.11. The molecule has 0 saturated heterocycles. The zero-order chi connectivity index (χ0) is 21.7. The number of nitrogens with zero attached hydrogens (tertiary/aromatic N) is 2. The van der Waals surface area contributed by atoms with Crippen LogP contribution in [-0.4, -0.2) is 43.4 Å². The molecule has 0 saturated carbocycles. The summed E-state index contributed by atoms with van der Waals surface area (Å²) in [6, 6.07) is 12.6. The largest absolute Gasteiger partial charge is 0.465 e. The van der Waals surface area contributed by atoms with Crippen LogP contribution in [0, 0.1) is 6.92 Å². The van der Waals surface area contributed by atoms with Crippen LogP contribution in [0.1, 0.15) is 31.3 Å². The Balaban J connectivity index is 1.60. The molecule has 0 aliphatic carbocycles. The number of methoxy groups -OCH3 is 1. The number of aromatic nitrogens is 2. The average Bonchev–Trinajstić information content (AvgIpc) is 3.19. The van der Waals surface area contributed by atoms with E-state index in [1.54, 1.807) is 24.3 Å². The SMILES string of the molecule is COC(=O)c1ccc(C(=O)Nc2nnc(CCS(=O)(=O)c3ccc(C)cc3)s2)cc1. The van der Waals surface area contributed by atoms with Gasteiger partial charge in [-0.3, -0.25) is 10.1 Å². The zero-order valence-electron chi connectivity index (χ0n) is 16.3. The van der Waals surface area contributed by atoms with Crippen LogP contribution in [0.4, 0.5) is 5.13 Å². The fourth-order valence-corrected chi connectivity index (χ4v) is 4.65. The lowest BCUT2D eigenvalue weighted by molar-refractivity contribution is 0.0600. The van der Waals surface area contributed by atoms with Crippen molar-refractivity contribution in [3.63, 3.8) is 0 Å². The molecule has 30 heavy (non-hydrogen) atoms. The summed E-state index contributed by atoms with van der Waals surface area (Å²) >= 11 is 1.11. The number of carbonyl (C=O) groups is 2. The number of hydrogen-bond donors (Lipinski definition) is 1. The monoisotopic (exact) mass is 445 g/mol. The normalized spacial score (nSPS) is 11.1. The Labute approximate surface area is 177 Å². The van der Waals surface area contributed by atoms with Crippen LogP contribution in [0.15, 0.2) is 53.4 Å². The number of esters is 1. The maximum Gasteiger partial charge on any atom is 0.337 e. The first-order valence-corrected chi connectivity index (χ1v) is 11.4. The van der Waals surface area contributed by atoms with E-state index >= 15 is 0 Å². The molecule has 1 aromatic heterocycles. The fourth-order valence-electron chi connectivity index (χ4n) is 2.54. The van der Waals surface area contributed by atoms with E-state index in [1.165, 1.54) is 31.4 Å². The highest BCUT2D eigenvalue weighted by atomic mass is 32.2. The molecule has 10 heteroatoms. The predicted molar refractivity (Wildman–Crippen MR) is 113 cm³/mol. The Morgan fingerprint density at radius 3 is 2.27 bits per heavy atom. The molecule has 0 unspecified atom stereocenters. The fraction of sp³-hybridized carbons (Fsp3) is 0.200. The van der Waals surface area contributed by atoms with Gasteiger partial charge in [0.15, 0.2) is 9.84 Å². The summed E-state index contributed by atoms with van der Waals surface area (Å²) in [6.07, 6.45) is 0.192. The number of benzene rings is 2. The van der Waals surface area contributed by atoms with E-state index in [-0.39, 0.29) is 22.2 Å². The number of rotatable bonds is 7. The second-order valence-corrected chi connectivity index (χ2v) is 9.58. The Kier molecular flexibility index (Phi) is 6.58. The lowest BCUT2D eigenvalue weighted by Crippen LogP contribution is -2.12. The van der Waals surface area contributed by atoms with Crippen molar-refractivity contribution in [2.75, 3.05) is 18.2 Å². The van der Waals surface area contributed by atoms with E-state index in [2.05, 4.69) is 20.3 Å². The van der Waals surface area contributed by atoms with Crippen molar-refractivity contribution in [1.82, 2.24) is 10.2 Å². The molecule has 2 aromatic carbocycles. The first kappa shape index (κ1) is 21.6. The van der Waals surface area contributed by atoms with E-state index < -0.39 is 21.7 Å². The highest BCUT2D eigenvalue weighted by molar-refractivity contribution is 7.91. The molecule has 0 fully saturated rings. The second-order valence-electron chi connectivity index (χ2n) is 6.41. The summed E-state index contributed by atoms with van der Waals surface area (Å²) < 4.78 is 29.5. The number of nitrogens with one attached hydrogen (secondary N) is 1. The van der Waals surface area contributed by atoms with Crippen LogP contribution < -0.4 is 5.32 Å². The van der Waals surface area contributed by atoms with Gasteiger partial charge in [-0.2, -0.15) is 0 Å². The van der Waals surface area contributed by atoms with Crippen LogP contribution in [0.25, 0.3) is 0 Å². The van der Waals surface area contributed by atoms with Gasteiger partial charge in [0.05, 0.1) is 23.3 Å². The molecular formula is C20H19N3O5S2. The predicted octanol–water partition coefficient (Wildman–Crippen LogP) is 2.90. The van der Waals surface area contributed by atoms with Crippen LogP contribution in [0.2, 0.25) is 0 Å². The van der Waals surface area contributed by atoms with Crippen molar-refractivity contribution in [2.45, 2.75) is 18.2 Å². The number of ether oxygens (including phenoxy) is 1. The lowest BCUT2D eigenvalue weighted by Gasteiger charge is -2.03. The molecule has 0 aliphatic heterocycles. The van der Waals surface area contributed by atoms with E-state index in [0.717, 1.165) is 16.9 Å². The van der Waals surface area contributed by atoms with Crippen molar-refractivity contribution in [2.24, 2.45) is 0 Å². The van der Waals surface area contributed by atoms with Gasteiger partial charge in [0.25, 0.3) is 5.91 Å². The van der Waals surface area contributed by atoms with E-state index in [0.29, 0.717) is 16.1 Å². The Morgan fingerprint density at radius 1 is 1.00 bits per heavy atom. The summed E-state index contributed by atoms with van der Waals surface area (Å²) in [5.74, 6) is -1.01. The van der Waals surface area contributed by atoms with Gasteiger partial charge < -0.3 is 4.74 Å². The van der Waals surface area contributed by atoms with Gasteiger partial charge in [-0.05, 0) is 43.3 Å². The third-order valence-corrected chi connectivity index (χ3v) is 6.85. The second kappa shape index (κ2) is 9.14. The molecule has 0 aliphatic rings. The minimum absolute atomic E-state index is 0.104. The lowest BCUT2D eigenvalue weighted by atomic mass is 10.1. The third kappa shape index (κ3) is 5.28. The van der Waals surface area contributed by atoms with Crippen LogP contribution in [0.3, 0.4) is 0 Å². The van der Waals surface area contributed by atoms with Crippen molar-refractivity contribution in [3.8, 4) is 0 Å². The van der Waals surface area contributed by atoms with Crippen molar-refractivity contribution < 1.29 is 22.7 Å². The molecule has 1 amide bonds. The number of carbonyl (C=O) groups excluding carboxylic acids is 2. The van der Waals surface area contributed by atoms with Gasteiger partial charge >= 0.3 is 5.97 Å². The van der Waals surface area contributed by atoms with Gasteiger partial charge in [0.1, 0.15) is 5.01 Å². The molecule has 1 N–H and O–H groups in total. The quantitative estimate of drug-likeness (QED) is 0.556. The maximum atomic E-state index is 12.4. The summed E-state index contributed by atoms with van der Waals surface area (Å²) in [4.78, 5) is 24.0. The van der Waals surface area contributed by atoms with Gasteiger partial charge in [0, 0.05) is 12.0 Å². The number of hydrogen-bond acceptors (Lipinski definition) is 8. The Morgan fingerprint density at radius 2 is 1.63 bits per heavy atom. The number of anilines is 1. The zero-order valence-corrected chi connectivity index (χ0v) is 17.9. The van der Waals surface area contributed by atoms with Gasteiger partial charge in [-0.25, -0.2) is 13.2 Å². The van der Waals surface area contributed by atoms with E-state index in [9.17, 15) is 18.0 Å². The molecule has 8 nitrogen and oxygen atoms in total. The van der Waals surface area contributed by atoms with Crippen LogP contribution in [0.5, 0.6) is 0 Å².